The third kappa shape index (κ3) is 4.59. The zero-order valence-electron chi connectivity index (χ0n) is 14.6. The van der Waals surface area contributed by atoms with Crippen molar-refractivity contribution in [3.05, 3.63) is 54.3 Å². The summed E-state index contributed by atoms with van der Waals surface area (Å²) in [6, 6.07) is 12.4. The molecule has 0 aromatic heterocycles. The van der Waals surface area contributed by atoms with Crippen molar-refractivity contribution in [3.8, 4) is 5.75 Å². The van der Waals surface area contributed by atoms with Crippen molar-refractivity contribution >= 4 is 23.4 Å². The predicted molar refractivity (Wildman–Crippen MR) is 97.9 cm³/mol. The zero-order chi connectivity index (χ0) is 18.5. The number of benzene rings is 2. The van der Waals surface area contributed by atoms with Gasteiger partial charge in [-0.3, -0.25) is 9.69 Å². The minimum absolute atomic E-state index is 0.00704. The molecule has 3 rings (SSSR count). The highest BCUT2D eigenvalue weighted by Crippen LogP contribution is 2.30. The van der Waals surface area contributed by atoms with Gasteiger partial charge in [-0.05, 0) is 55.7 Å². The molecule has 2 amide bonds. The maximum atomic E-state index is 13.1. The molecule has 0 atom stereocenters. The number of anilines is 2. The van der Waals surface area contributed by atoms with Crippen molar-refractivity contribution in [1.82, 2.24) is 0 Å². The SMILES string of the molecule is CCCN(C(=O)Oc1cccc(NC(=O)C2CC2)c1)c1ccc(F)cc1. The Labute approximate surface area is 151 Å². The van der Waals surface area contributed by atoms with E-state index in [-0.39, 0.29) is 17.6 Å². The Kier molecular flexibility index (Phi) is 5.51. The fraction of sp³-hybridized carbons (Fsp3) is 0.300. The first-order chi connectivity index (χ1) is 12.6. The van der Waals surface area contributed by atoms with Gasteiger partial charge in [0.2, 0.25) is 5.91 Å². The minimum atomic E-state index is -0.552. The molecule has 0 heterocycles. The molecule has 1 aliphatic rings. The highest BCUT2D eigenvalue weighted by molar-refractivity contribution is 5.94. The Morgan fingerprint density at radius 2 is 1.92 bits per heavy atom. The third-order valence-corrected chi connectivity index (χ3v) is 4.06. The number of ether oxygens (including phenoxy) is 1. The van der Waals surface area contributed by atoms with Crippen LogP contribution in [0.4, 0.5) is 20.6 Å². The van der Waals surface area contributed by atoms with Crippen LogP contribution in [-0.4, -0.2) is 18.5 Å². The fourth-order valence-electron chi connectivity index (χ4n) is 2.55. The van der Waals surface area contributed by atoms with Gasteiger partial charge in [0.05, 0.1) is 0 Å². The van der Waals surface area contributed by atoms with E-state index in [4.69, 9.17) is 4.74 Å². The van der Waals surface area contributed by atoms with Crippen LogP contribution in [-0.2, 0) is 4.79 Å². The van der Waals surface area contributed by atoms with Crippen LogP contribution in [0.15, 0.2) is 48.5 Å². The predicted octanol–water partition coefficient (Wildman–Crippen LogP) is 4.59. The molecule has 0 aliphatic heterocycles. The summed E-state index contributed by atoms with van der Waals surface area (Å²) in [5.41, 5.74) is 1.16. The van der Waals surface area contributed by atoms with Gasteiger partial charge in [-0.2, -0.15) is 0 Å². The molecule has 136 valence electrons. The van der Waals surface area contributed by atoms with Gasteiger partial charge in [0.25, 0.3) is 0 Å². The Morgan fingerprint density at radius 3 is 2.58 bits per heavy atom. The van der Waals surface area contributed by atoms with E-state index in [2.05, 4.69) is 5.32 Å². The molecule has 2 aromatic rings. The largest absolute Gasteiger partial charge is 0.419 e. The Balaban J connectivity index is 1.70. The van der Waals surface area contributed by atoms with E-state index in [0.717, 1.165) is 19.3 Å². The van der Waals surface area contributed by atoms with Gasteiger partial charge < -0.3 is 10.1 Å². The molecular weight excluding hydrogens is 335 g/mol. The van der Waals surface area contributed by atoms with Gasteiger partial charge in [0, 0.05) is 29.9 Å². The van der Waals surface area contributed by atoms with Gasteiger partial charge in [0.1, 0.15) is 11.6 Å². The van der Waals surface area contributed by atoms with Gasteiger partial charge in [-0.15, -0.1) is 0 Å². The Hall–Kier alpha value is -2.89. The molecule has 0 bridgehead atoms. The summed E-state index contributed by atoms with van der Waals surface area (Å²) in [5, 5.41) is 2.82. The van der Waals surface area contributed by atoms with E-state index in [0.29, 0.717) is 23.7 Å². The number of nitrogens with zero attached hydrogens (tertiary/aromatic N) is 1. The summed E-state index contributed by atoms with van der Waals surface area (Å²) in [7, 11) is 0. The van der Waals surface area contributed by atoms with E-state index in [1.54, 1.807) is 36.4 Å². The molecule has 6 heteroatoms. The first-order valence-electron chi connectivity index (χ1n) is 8.72. The van der Waals surface area contributed by atoms with Crippen molar-refractivity contribution in [2.45, 2.75) is 26.2 Å². The quantitative estimate of drug-likeness (QED) is 0.823. The molecule has 1 N–H and O–H groups in total. The van der Waals surface area contributed by atoms with E-state index in [1.165, 1.54) is 17.0 Å². The van der Waals surface area contributed by atoms with Crippen molar-refractivity contribution in [1.29, 1.82) is 0 Å². The second-order valence-electron chi connectivity index (χ2n) is 6.29. The molecular formula is C20H21FN2O3. The molecule has 0 unspecified atom stereocenters. The van der Waals surface area contributed by atoms with Crippen LogP contribution in [0.25, 0.3) is 0 Å². The van der Waals surface area contributed by atoms with Crippen molar-refractivity contribution in [3.63, 3.8) is 0 Å². The van der Waals surface area contributed by atoms with Crippen LogP contribution < -0.4 is 15.0 Å². The second kappa shape index (κ2) is 7.99. The molecule has 5 nitrogen and oxygen atoms in total. The lowest BCUT2D eigenvalue weighted by atomic mass is 10.2. The number of amides is 2. The molecule has 2 aromatic carbocycles. The van der Waals surface area contributed by atoms with Crippen molar-refractivity contribution in [2.75, 3.05) is 16.8 Å². The number of hydrogen-bond donors (Lipinski definition) is 1. The Bertz CT molecular complexity index is 788. The van der Waals surface area contributed by atoms with Crippen LogP contribution in [0.5, 0.6) is 5.75 Å². The molecule has 1 fully saturated rings. The Morgan fingerprint density at radius 1 is 1.19 bits per heavy atom. The van der Waals surface area contributed by atoms with Gasteiger partial charge >= 0.3 is 6.09 Å². The van der Waals surface area contributed by atoms with Crippen LogP contribution in [0.3, 0.4) is 0 Å². The number of nitrogens with one attached hydrogen (secondary N) is 1. The van der Waals surface area contributed by atoms with E-state index >= 15 is 0 Å². The lowest BCUT2D eigenvalue weighted by Gasteiger charge is -2.21. The van der Waals surface area contributed by atoms with Crippen LogP contribution in [0.1, 0.15) is 26.2 Å². The molecule has 1 saturated carbocycles. The van der Waals surface area contributed by atoms with Crippen LogP contribution >= 0.6 is 0 Å². The van der Waals surface area contributed by atoms with Crippen LogP contribution in [0, 0.1) is 11.7 Å². The van der Waals surface area contributed by atoms with Crippen molar-refractivity contribution < 1.29 is 18.7 Å². The number of halogens is 1. The normalized spacial score (nSPS) is 13.2. The van der Waals surface area contributed by atoms with Gasteiger partial charge in [0.15, 0.2) is 0 Å². The van der Waals surface area contributed by atoms with Crippen molar-refractivity contribution in [2.24, 2.45) is 5.92 Å². The van der Waals surface area contributed by atoms with E-state index in [9.17, 15) is 14.0 Å². The average Bonchev–Trinajstić information content (AvgIpc) is 3.46. The van der Waals surface area contributed by atoms with E-state index < -0.39 is 6.09 Å². The lowest BCUT2D eigenvalue weighted by Crippen LogP contribution is -2.34. The summed E-state index contributed by atoms with van der Waals surface area (Å²) in [6.45, 7) is 2.39. The maximum Gasteiger partial charge on any atom is 0.419 e. The standard InChI is InChI=1S/C20H21FN2O3/c1-2-12-23(17-10-8-15(21)9-11-17)20(25)26-18-5-3-4-16(13-18)22-19(24)14-6-7-14/h3-5,8-11,13-14H,2,6-7,12H2,1H3,(H,22,24). The lowest BCUT2D eigenvalue weighted by molar-refractivity contribution is -0.117. The highest BCUT2D eigenvalue weighted by atomic mass is 19.1. The molecule has 0 spiro atoms. The maximum absolute atomic E-state index is 13.1. The number of carbonyl (C=O) groups excluding carboxylic acids is 2. The number of rotatable bonds is 6. The number of carbonyl (C=O) groups is 2. The van der Waals surface area contributed by atoms with Crippen LogP contribution in [0.2, 0.25) is 0 Å². The monoisotopic (exact) mass is 356 g/mol. The van der Waals surface area contributed by atoms with E-state index in [1.807, 2.05) is 6.92 Å². The van der Waals surface area contributed by atoms with Gasteiger partial charge in [-0.25, -0.2) is 9.18 Å². The average molecular weight is 356 g/mol. The molecule has 0 saturated heterocycles. The minimum Gasteiger partial charge on any atom is -0.410 e. The summed E-state index contributed by atoms with van der Waals surface area (Å²) in [6.07, 6.45) is 2.02. The molecule has 0 radical (unpaired) electrons. The topological polar surface area (TPSA) is 58.6 Å². The molecule has 26 heavy (non-hydrogen) atoms. The highest BCUT2D eigenvalue weighted by Gasteiger charge is 2.29. The second-order valence-corrected chi connectivity index (χ2v) is 6.29. The first kappa shape index (κ1) is 17.9. The summed E-state index contributed by atoms with van der Waals surface area (Å²) in [4.78, 5) is 25.9. The summed E-state index contributed by atoms with van der Waals surface area (Å²) in [5.74, 6) is 0.0663. The summed E-state index contributed by atoms with van der Waals surface area (Å²) < 4.78 is 18.6. The third-order valence-electron chi connectivity index (χ3n) is 4.06. The molecule has 1 aliphatic carbocycles. The summed E-state index contributed by atoms with van der Waals surface area (Å²) >= 11 is 0. The first-order valence-corrected chi connectivity index (χ1v) is 8.72. The smallest absolute Gasteiger partial charge is 0.410 e. The zero-order valence-corrected chi connectivity index (χ0v) is 14.6. The van der Waals surface area contributed by atoms with Gasteiger partial charge in [-0.1, -0.05) is 13.0 Å². The fourth-order valence-corrected chi connectivity index (χ4v) is 2.55. The number of hydrogen-bond acceptors (Lipinski definition) is 3.